The Morgan fingerprint density at radius 2 is 2.23 bits per heavy atom. The van der Waals surface area contributed by atoms with Gasteiger partial charge in [0.05, 0.1) is 15.5 Å². The van der Waals surface area contributed by atoms with Gasteiger partial charge >= 0.3 is 0 Å². The van der Waals surface area contributed by atoms with Crippen LogP contribution in [0.2, 0.25) is 5.02 Å². The minimum atomic E-state index is -0.535. The lowest BCUT2D eigenvalue weighted by molar-refractivity contribution is -0.385. The van der Waals surface area contributed by atoms with Crippen LogP contribution in [0, 0.1) is 28.4 Å². The van der Waals surface area contributed by atoms with Crippen molar-refractivity contribution >= 4 is 17.3 Å². The average Bonchev–Trinajstić information content (AvgIpc) is 2.03. The van der Waals surface area contributed by atoms with E-state index in [1.54, 1.807) is 13.0 Å². The van der Waals surface area contributed by atoms with Crippen LogP contribution < -0.4 is 0 Å². The first kappa shape index (κ1) is 9.49. The molecule has 66 valence electrons. The molecule has 0 unspecified atom stereocenters. The Morgan fingerprint density at radius 1 is 1.62 bits per heavy atom. The van der Waals surface area contributed by atoms with Crippen LogP contribution >= 0.6 is 11.6 Å². The highest BCUT2D eigenvalue weighted by atomic mass is 35.5. The van der Waals surface area contributed by atoms with Crippen molar-refractivity contribution in [3.05, 3.63) is 38.4 Å². The molecule has 4 nitrogen and oxygen atoms in total. The summed E-state index contributed by atoms with van der Waals surface area (Å²) in [6.07, 6.45) is 0. The normalized spacial score (nSPS) is 9.31. The second kappa shape index (κ2) is 3.42. The summed E-state index contributed by atoms with van der Waals surface area (Å²) in [6.45, 7) is 1.57. The van der Waals surface area contributed by atoms with Gasteiger partial charge in [-0.3, -0.25) is 10.1 Å². The Morgan fingerprint density at radius 3 is 2.69 bits per heavy atom. The Bertz CT molecular complexity index is 409. The standard InChI is InChI=1S/C8H5ClN2O2/c1-5-2-7(9)6(4-10)3-8(5)11(12)13/h2-3H,1H3. The zero-order valence-electron chi connectivity index (χ0n) is 6.74. The highest BCUT2D eigenvalue weighted by Crippen LogP contribution is 2.25. The number of hydrogen-bond donors (Lipinski definition) is 0. The fourth-order valence-electron chi connectivity index (χ4n) is 0.944. The van der Waals surface area contributed by atoms with Gasteiger partial charge in [-0.05, 0) is 13.0 Å². The molecule has 0 spiro atoms. The minimum Gasteiger partial charge on any atom is -0.258 e. The number of halogens is 1. The summed E-state index contributed by atoms with van der Waals surface area (Å²) in [5, 5.41) is 19.3. The molecule has 0 N–H and O–H groups in total. The van der Waals surface area contributed by atoms with Crippen LogP contribution in [-0.4, -0.2) is 4.92 Å². The van der Waals surface area contributed by atoms with E-state index in [1.807, 2.05) is 0 Å². The number of aryl methyl sites for hydroxylation is 1. The lowest BCUT2D eigenvalue weighted by atomic mass is 10.1. The summed E-state index contributed by atoms with van der Waals surface area (Å²) in [5.74, 6) is 0. The molecule has 5 heteroatoms. The van der Waals surface area contributed by atoms with Gasteiger partial charge in [0.2, 0.25) is 0 Å². The van der Waals surface area contributed by atoms with Gasteiger partial charge in [-0.1, -0.05) is 11.6 Å². The maximum Gasteiger partial charge on any atom is 0.273 e. The number of nitrogens with zero attached hydrogens (tertiary/aromatic N) is 2. The van der Waals surface area contributed by atoms with Crippen LogP contribution in [0.1, 0.15) is 11.1 Å². The van der Waals surface area contributed by atoms with Crippen molar-refractivity contribution in [2.24, 2.45) is 0 Å². The molecule has 0 bridgehead atoms. The molecule has 0 fully saturated rings. The molecule has 1 aromatic rings. The number of rotatable bonds is 1. The maximum atomic E-state index is 10.5. The largest absolute Gasteiger partial charge is 0.273 e. The van der Waals surface area contributed by atoms with Gasteiger partial charge in [0, 0.05) is 11.6 Å². The summed E-state index contributed by atoms with van der Waals surface area (Å²) in [4.78, 5) is 9.92. The predicted octanol–water partition coefficient (Wildman–Crippen LogP) is 2.43. The van der Waals surface area contributed by atoms with Gasteiger partial charge in [-0.2, -0.15) is 5.26 Å². The van der Waals surface area contributed by atoms with Crippen LogP contribution in [0.3, 0.4) is 0 Å². The van der Waals surface area contributed by atoms with Crippen molar-refractivity contribution in [2.45, 2.75) is 6.92 Å². The van der Waals surface area contributed by atoms with Gasteiger partial charge in [-0.15, -0.1) is 0 Å². The molecule has 0 aliphatic heterocycles. The van der Waals surface area contributed by atoms with Crippen LogP contribution in [0.25, 0.3) is 0 Å². The average molecular weight is 197 g/mol. The first-order valence-corrected chi connectivity index (χ1v) is 3.78. The highest BCUT2D eigenvalue weighted by Gasteiger charge is 2.13. The van der Waals surface area contributed by atoms with E-state index < -0.39 is 4.92 Å². The molecule has 13 heavy (non-hydrogen) atoms. The van der Waals surface area contributed by atoms with E-state index in [9.17, 15) is 10.1 Å². The summed E-state index contributed by atoms with van der Waals surface area (Å²) in [5.41, 5.74) is 0.494. The fourth-order valence-corrected chi connectivity index (χ4v) is 1.20. The predicted molar refractivity (Wildman–Crippen MR) is 47.6 cm³/mol. The first-order valence-electron chi connectivity index (χ1n) is 3.41. The first-order chi connectivity index (χ1) is 6.06. The van der Waals surface area contributed by atoms with E-state index in [0.717, 1.165) is 0 Å². The van der Waals surface area contributed by atoms with Crippen LogP contribution in [0.15, 0.2) is 12.1 Å². The van der Waals surface area contributed by atoms with Crippen molar-refractivity contribution in [3.8, 4) is 6.07 Å². The van der Waals surface area contributed by atoms with Gasteiger partial charge in [0.25, 0.3) is 5.69 Å². The number of benzene rings is 1. The smallest absolute Gasteiger partial charge is 0.258 e. The van der Waals surface area contributed by atoms with Crippen LogP contribution in [0.4, 0.5) is 5.69 Å². The number of nitro benzene ring substituents is 1. The van der Waals surface area contributed by atoms with E-state index in [0.29, 0.717) is 5.56 Å². The van der Waals surface area contributed by atoms with Gasteiger partial charge in [0.1, 0.15) is 6.07 Å². The molecular formula is C8H5ClN2O2. The molecule has 0 amide bonds. The molecule has 0 saturated heterocycles. The topological polar surface area (TPSA) is 66.9 Å². The lowest BCUT2D eigenvalue weighted by Crippen LogP contribution is -1.93. The summed E-state index contributed by atoms with van der Waals surface area (Å²) in [6, 6.07) is 4.37. The zero-order valence-corrected chi connectivity index (χ0v) is 7.50. The molecule has 0 atom stereocenters. The summed E-state index contributed by atoms with van der Waals surface area (Å²) >= 11 is 5.66. The molecule has 1 aromatic carbocycles. The van der Waals surface area contributed by atoms with Gasteiger partial charge < -0.3 is 0 Å². The van der Waals surface area contributed by atoms with Crippen molar-refractivity contribution in [1.82, 2.24) is 0 Å². The number of nitriles is 1. The number of hydrogen-bond acceptors (Lipinski definition) is 3. The Balaban J connectivity index is 3.41. The minimum absolute atomic E-state index is 0.0825. The molecule has 1 rings (SSSR count). The van der Waals surface area contributed by atoms with Gasteiger partial charge in [-0.25, -0.2) is 0 Å². The van der Waals surface area contributed by atoms with Crippen LogP contribution in [0.5, 0.6) is 0 Å². The Labute approximate surface area is 79.5 Å². The number of nitro groups is 1. The monoisotopic (exact) mass is 196 g/mol. The molecule has 0 aromatic heterocycles. The second-order valence-electron chi connectivity index (χ2n) is 2.49. The van der Waals surface area contributed by atoms with E-state index in [4.69, 9.17) is 16.9 Å². The fraction of sp³-hybridized carbons (Fsp3) is 0.125. The third kappa shape index (κ3) is 1.76. The zero-order chi connectivity index (χ0) is 10.0. The highest BCUT2D eigenvalue weighted by molar-refractivity contribution is 6.31. The van der Waals surface area contributed by atoms with Crippen molar-refractivity contribution < 1.29 is 4.92 Å². The second-order valence-corrected chi connectivity index (χ2v) is 2.89. The molecule has 0 aliphatic rings. The van der Waals surface area contributed by atoms with E-state index in [-0.39, 0.29) is 16.3 Å². The lowest BCUT2D eigenvalue weighted by Gasteiger charge is -1.98. The molecular weight excluding hydrogens is 192 g/mol. The van der Waals surface area contributed by atoms with E-state index >= 15 is 0 Å². The summed E-state index contributed by atoms with van der Waals surface area (Å²) in [7, 11) is 0. The molecule has 0 aliphatic carbocycles. The SMILES string of the molecule is Cc1cc(Cl)c(C#N)cc1[N+](=O)[O-]. The quantitative estimate of drug-likeness (QED) is 0.512. The van der Waals surface area contributed by atoms with Crippen molar-refractivity contribution in [1.29, 1.82) is 5.26 Å². The van der Waals surface area contributed by atoms with E-state index in [2.05, 4.69) is 0 Å². The molecule has 0 heterocycles. The third-order valence-electron chi connectivity index (χ3n) is 1.60. The van der Waals surface area contributed by atoms with E-state index in [1.165, 1.54) is 12.1 Å². The Hall–Kier alpha value is -1.60. The Kier molecular flexibility index (Phi) is 2.49. The van der Waals surface area contributed by atoms with Crippen LogP contribution in [-0.2, 0) is 0 Å². The van der Waals surface area contributed by atoms with Crippen molar-refractivity contribution in [3.63, 3.8) is 0 Å². The maximum absolute atomic E-state index is 10.5. The summed E-state index contributed by atoms with van der Waals surface area (Å²) < 4.78 is 0. The molecule has 0 radical (unpaired) electrons. The van der Waals surface area contributed by atoms with Gasteiger partial charge in [0.15, 0.2) is 0 Å². The third-order valence-corrected chi connectivity index (χ3v) is 1.92. The van der Waals surface area contributed by atoms with Crippen molar-refractivity contribution in [2.75, 3.05) is 0 Å². The molecule has 0 saturated carbocycles.